The van der Waals surface area contributed by atoms with E-state index >= 15 is 0 Å². The second-order valence-corrected chi connectivity index (χ2v) is 18.4. The molecule has 2 bridgehead atoms. The van der Waals surface area contributed by atoms with Crippen LogP contribution in [0, 0.1) is 34.8 Å². The summed E-state index contributed by atoms with van der Waals surface area (Å²) in [6.45, 7) is 11.3. The summed E-state index contributed by atoms with van der Waals surface area (Å²) in [5, 5.41) is 26.1. The van der Waals surface area contributed by atoms with Gasteiger partial charge in [-0.1, -0.05) is 64.0 Å². The number of amides is 1. The molecule has 4 aliphatic carbocycles. The Hall–Kier alpha value is -3.40. The highest BCUT2D eigenvalue weighted by atomic mass is 32.1. The molecule has 0 spiro atoms. The summed E-state index contributed by atoms with van der Waals surface area (Å²) in [5.41, 5.74) is 0.941. The lowest BCUT2D eigenvalue weighted by atomic mass is 9.64. The first kappa shape index (κ1) is 41.2. The number of carbonyl (C=O) groups is 2. The molecule has 3 aromatic rings. The Bertz CT molecular complexity index is 1840. The van der Waals surface area contributed by atoms with Crippen LogP contribution in [0.1, 0.15) is 130 Å². The van der Waals surface area contributed by atoms with E-state index in [1.807, 2.05) is 23.6 Å². The highest BCUT2D eigenvalue weighted by molar-refractivity contribution is 7.09. The molecule has 298 valence electrons. The second kappa shape index (κ2) is 17.4. The molecule has 0 saturated heterocycles. The van der Waals surface area contributed by atoms with Gasteiger partial charge in [-0.05, 0) is 142 Å². The van der Waals surface area contributed by atoms with Crippen molar-refractivity contribution in [1.29, 1.82) is 0 Å². The zero-order chi connectivity index (χ0) is 39.5. The fraction of sp³-hybridized carbons (Fsp3) is 0.565. The number of fused-ring (bicyclic) bond motifs is 8. The zero-order valence-electron chi connectivity index (χ0n) is 33.2. The number of thiophene rings is 1. The van der Waals surface area contributed by atoms with Gasteiger partial charge in [-0.2, -0.15) is 0 Å². The minimum absolute atomic E-state index is 0.0340. The maximum Gasteiger partial charge on any atom is 0.410 e. The van der Waals surface area contributed by atoms with E-state index in [1.165, 1.54) is 11.6 Å². The lowest BCUT2D eigenvalue weighted by Crippen LogP contribution is -2.54. The lowest BCUT2D eigenvalue weighted by molar-refractivity contribution is -0.0861. The van der Waals surface area contributed by atoms with Gasteiger partial charge in [-0.25, -0.2) is 13.6 Å². The standard InChI is InChI=1S/C46H59F2NO5S/c1-29(2)36-15-11-31(4)24-42(36)54-44(52)49(22-19-35-9-7-23-55-35)28-46(53)21-18-39-37-16-12-32(25-34(50)14-10-30(3)8-6-20-45(39,46)5)26-38(37)43(51)33-13-17-40(47)41(48)27-33/h7-9,12-13,16-17,23,26-27,29,31,34,36,39,42,50,53H,6,10-11,14-15,18-22,24-25,28H2,1-5H3/t31-,34-,36+,39-,42-,45-,46+/m0/s1. The first-order valence-corrected chi connectivity index (χ1v) is 21.2. The van der Waals surface area contributed by atoms with Crippen LogP contribution in [-0.4, -0.2) is 57.9 Å². The Morgan fingerprint density at radius 1 is 1.04 bits per heavy atom. The quantitative estimate of drug-likeness (QED) is 0.167. The van der Waals surface area contributed by atoms with Gasteiger partial charge < -0.3 is 19.8 Å². The van der Waals surface area contributed by atoms with E-state index in [4.69, 9.17) is 4.74 Å². The van der Waals surface area contributed by atoms with Gasteiger partial charge in [-0.3, -0.25) is 4.79 Å². The Morgan fingerprint density at radius 2 is 1.84 bits per heavy atom. The number of benzene rings is 2. The van der Waals surface area contributed by atoms with Gasteiger partial charge in [0.25, 0.3) is 0 Å². The first-order chi connectivity index (χ1) is 26.2. The van der Waals surface area contributed by atoms with Crippen molar-refractivity contribution in [2.45, 2.75) is 129 Å². The van der Waals surface area contributed by atoms with Gasteiger partial charge in [0, 0.05) is 28.0 Å². The Kier molecular flexibility index (Phi) is 13.0. The van der Waals surface area contributed by atoms with E-state index < -0.39 is 40.6 Å². The molecule has 55 heavy (non-hydrogen) atoms. The summed E-state index contributed by atoms with van der Waals surface area (Å²) < 4.78 is 34.9. The number of ether oxygens (including phenoxy) is 1. The molecular weight excluding hydrogens is 717 g/mol. The number of aliphatic hydroxyl groups excluding tert-OH is 1. The lowest BCUT2D eigenvalue weighted by Gasteiger charge is -2.46. The van der Waals surface area contributed by atoms with Crippen LogP contribution in [0.2, 0.25) is 0 Å². The van der Waals surface area contributed by atoms with Crippen molar-refractivity contribution in [3.05, 3.63) is 104 Å². The van der Waals surface area contributed by atoms with Crippen molar-refractivity contribution in [2.24, 2.45) is 23.2 Å². The molecule has 1 amide bonds. The summed E-state index contributed by atoms with van der Waals surface area (Å²) >= 11 is 1.64. The van der Waals surface area contributed by atoms with Crippen LogP contribution in [0.15, 0.2) is 65.6 Å². The normalized spacial score (nSPS) is 28.7. The van der Waals surface area contributed by atoms with Gasteiger partial charge in [0.1, 0.15) is 6.10 Å². The number of carbonyl (C=O) groups excluding carboxylic acids is 2. The SMILES string of the molecule is CC1=CCC[C@@]2(C)[C@@H](CC[C@@]2(O)CN(CCc2cccs2)C(=O)O[C@H]2C[C@@H](C)CC[C@@H]2C(C)C)c2ccc(cc2C(=O)c2ccc(F)c(F)c2)C[C@@H](O)CC1. The molecule has 7 rings (SSSR count). The number of halogens is 2. The molecule has 2 N–H and O–H groups in total. The van der Waals surface area contributed by atoms with E-state index in [9.17, 15) is 28.6 Å². The predicted molar refractivity (Wildman–Crippen MR) is 214 cm³/mol. The van der Waals surface area contributed by atoms with Gasteiger partial charge in [0.15, 0.2) is 17.4 Å². The summed E-state index contributed by atoms with van der Waals surface area (Å²) in [5.74, 6) is -1.74. The second-order valence-electron chi connectivity index (χ2n) is 17.4. The summed E-state index contributed by atoms with van der Waals surface area (Å²) in [4.78, 5) is 31.6. The Balaban J connectivity index is 1.39. The van der Waals surface area contributed by atoms with Crippen LogP contribution >= 0.6 is 11.3 Å². The molecular formula is C46H59F2NO5S. The zero-order valence-corrected chi connectivity index (χ0v) is 34.0. The van der Waals surface area contributed by atoms with Crippen LogP contribution in [-0.2, 0) is 17.6 Å². The Morgan fingerprint density at radius 3 is 2.56 bits per heavy atom. The van der Waals surface area contributed by atoms with Crippen molar-refractivity contribution in [2.75, 3.05) is 13.1 Å². The van der Waals surface area contributed by atoms with E-state index in [0.717, 1.165) is 47.4 Å². The van der Waals surface area contributed by atoms with Crippen LogP contribution in [0.4, 0.5) is 13.6 Å². The fourth-order valence-corrected chi connectivity index (χ4v) is 10.4. The third-order valence-electron chi connectivity index (χ3n) is 13.2. The average Bonchev–Trinajstić information content (AvgIpc) is 3.75. The molecule has 1 aromatic heterocycles. The number of rotatable bonds is 9. The fourth-order valence-electron chi connectivity index (χ4n) is 9.69. The van der Waals surface area contributed by atoms with E-state index in [0.29, 0.717) is 75.3 Å². The van der Waals surface area contributed by atoms with Crippen molar-refractivity contribution in [3.8, 4) is 0 Å². The van der Waals surface area contributed by atoms with Gasteiger partial charge in [0.2, 0.25) is 0 Å². The van der Waals surface area contributed by atoms with Crippen molar-refractivity contribution in [1.82, 2.24) is 4.90 Å². The van der Waals surface area contributed by atoms with Gasteiger partial charge >= 0.3 is 6.09 Å². The number of allylic oxidation sites excluding steroid dienone is 2. The molecule has 9 heteroatoms. The maximum absolute atomic E-state index is 14.5. The monoisotopic (exact) mass is 775 g/mol. The number of ketones is 1. The first-order valence-electron chi connectivity index (χ1n) is 20.3. The molecule has 2 fully saturated rings. The van der Waals surface area contributed by atoms with Crippen molar-refractivity contribution < 1.29 is 33.3 Å². The summed E-state index contributed by atoms with van der Waals surface area (Å²) in [6.07, 6.45) is 8.40. The number of hydrogen-bond donors (Lipinski definition) is 2. The summed E-state index contributed by atoms with van der Waals surface area (Å²) in [6, 6.07) is 12.9. The van der Waals surface area contributed by atoms with Crippen LogP contribution in [0.3, 0.4) is 0 Å². The van der Waals surface area contributed by atoms with Crippen molar-refractivity contribution in [3.63, 3.8) is 0 Å². The van der Waals surface area contributed by atoms with Crippen molar-refractivity contribution >= 4 is 23.2 Å². The van der Waals surface area contributed by atoms with Crippen LogP contribution in [0.5, 0.6) is 0 Å². The smallest absolute Gasteiger partial charge is 0.410 e. The molecule has 7 atom stereocenters. The molecule has 0 unspecified atom stereocenters. The Labute approximate surface area is 330 Å². The minimum Gasteiger partial charge on any atom is -0.446 e. The molecule has 6 nitrogen and oxygen atoms in total. The highest BCUT2D eigenvalue weighted by Crippen LogP contribution is 2.59. The van der Waals surface area contributed by atoms with E-state index in [1.54, 1.807) is 22.3 Å². The van der Waals surface area contributed by atoms with E-state index in [-0.39, 0.29) is 30.0 Å². The van der Waals surface area contributed by atoms with Crippen LogP contribution in [0.25, 0.3) is 0 Å². The predicted octanol–water partition coefficient (Wildman–Crippen LogP) is 10.4. The number of nitrogens with zero attached hydrogens (tertiary/aromatic N) is 1. The average molecular weight is 776 g/mol. The molecule has 0 aliphatic heterocycles. The molecule has 2 aromatic carbocycles. The third kappa shape index (κ3) is 9.26. The molecule has 0 radical (unpaired) electrons. The number of aliphatic hydroxyl groups is 2. The summed E-state index contributed by atoms with van der Waals surface area (Å²) in [7, 11) is 0. The minimum atomic E-state index is -1.33. The largest absolute Gasteiger partial charge is 0.446 e. The highest BCUT2D eigenvalue weighted by Gasteiger charge is 2.58. The molecule has 1 heterocycles. The van der Waals surface area contributed by atoms with Gasteiger partial charge in [0.05, 0.1) is 18.2 Å². The molecule has 2 saturated carbocycles. The van der Waals surface area contributed by atoms with E-state index in [2.05, 4.69) is 46.8 Å². The maximum atomic E-state index is 14.5. The van der Waals surface area contributed by atoms with Gasteiger partial charge in [-0.15, -0.1) is 11.3 Å². The third-order valence-corrected chi connectivity index (χ3v) is 14.2. The molecule has 4 aliphatic rings. The van der Waals surface area contributed by atoms with Crippen LogP contribution < -0.4 is 0 Å². The number of hydrogen-bond acceptors (Lipinski definition) is 6. The topological polar surface area (TPSA) is 87.1 Å².